The van der Waals surface area contributed by atoms with E-state index in [1.165, 1.54) is 0 Å². The standard InChI is InChI=1S/C22H21N5O/c1-25-14-13-23-21(25)16-26(2)22(28)20-15-19(17-9-5-3-6-10-17)24-27(20)18-11-7-4-8-12-18/h3-15H,16H2,1-2H3. The summed E-state index contributed by atoms with van der Waals surface area (Å²) >= 11 is 0. The normalized spacial score (nSPS) is 10.8. The van der Waals surface area contributed by atoms with E-state index in [1.54, 1.807) is 22.8 Å². The Bertz CT molecular complexity index is 1080. The molecule has 0 aliphatic rings. The number of nitrogens with zero attached hydrogens (tertiary/aromatic N) is 5. The zero-order valence-electron chi connectivity index (χ0n) is 15.9. The third kappa shape index (κ3) is 3.44. The predicted octanol–water partition coefficient (Wildman–Crippen LogP) is 3.55. The molecule has 140 valence electrons. The van der Waals surface area contributed by atoms with Crippen molar-refractivity contribution in [2.24, 2.45) is 7.05 Å². The number of carbonyl (C=O) groups excluding carboxylic acids is 1. The van der Waals surface area contributed by atoms with Crippen LogP contribution in [0.2, 0.25) is 0 Å². The first-order valence-electron chi connectivity index (χ1n) is 9.06. The van der Waals surface area contributed by atoms with Gasteiger partial charge in [-0.15, -0.1) is 0 Å². The average molecular weight is 371 g/mol. The molecule has 0 saturated heterocycles. The van der Waals surface area contributed by atoms with Crippen molar-refractivity contribution in [3.05, 3.63) is 90.6 Å². The number of rotatable bonds is 5. The molecular weight excluding hydrogens is 350 g/mol. The Labute approximate surface area is 163 Å². The Morgan fingerprint density at radius 1 is 1.04 bits per heavy atom. The minimum absolute atomic E-state index is 0.110. The molecule has 6 nitrogen and oxygen atoms in total. The highest BCUT2D eigenvalue weighted by Gasteiger charge is 2.21. The topological polar surface area (TPSA) is 56.0 Å². The molecule has 0 aliphatic carbocycles. The van der Waals surface area contributed by atoms with Gasteiger partial charge in [-0.1, -0.05) is 48.5 Å². The highest BCUT2D eigenvalue weighted by molar-refractivity contribution is 5.94. The molecule has 0 bridgehead atoms. The molecule has 0 aliphatic heterocycles. The van der Waals surface area contributed by atoms with Crippen LogP contribution in [0.5, 0.6) is 0 Å². The molecule has 0 unspecified atom stereocenters. The van der Waals surface area contributed by atoms with Gasteiger partial charge in [0.2, 0.25) is 0 Å². The molecule has 1 amide bonds. The quantitative estimate of drug-likeness (QED) is 0.539. The fraction of sp³-hybridized carbons (Fsp3) is 0.136. The van der Waals surface area contributed by atoms with Gasteiger partial charge in [-0.05, 0) is 18.2 Å². The van der Waals surface area contributed by atoms with E-state index < -0.39 is 0 Å². The van der Waals surface area contributed by atoms with Gasteiger partial charge in [0.05, 0.1) is 17.9 Å². The van der Waals surface area contributed by atoms with Crippen LogP contribution in [-0.2, 0) is 13.6 Å². The Kier molecular flexibility index (Phi) is 4.76. The van der Waals surface area contributed by atoms with E-state index in [9.17, 15) is 4.79 Å². The van der Waals surface area contributed by atoms with Gasteiger partial charge in [0, 0.05) is 32.1 Å². The summed E-state index contributed by atoms with van der Waals surface area (Å²) in [5.74, 6) is 0.714. The number of aryl methyl sites for hydroxylation is 1. The lowest BCUT2D eigenvalue weighted by atomic mass is 10.1. The average Bonchev–Trinajstić information content (AvgIpc) is 3.35. The van der Waals surface area contributed by atoms with Gasteiger partial charge >= 0.3 is 0 Å². The fourth-order valence-corrected chi connectivity index (χ4v) is 3.08. The summed E-state index contributed by atoms with van der Waals surface area (Å²) in [5, 5.41) is 4.72. The molecule has 4 rings (SSSR count). The van der Waals surface area contributed by atoms with Crippen LogP contribution in [0.4, 0.5) is 0 Å². The molecule has 0 atom stereocenters. The maximum absolute atomic E-state index is 13.2. The second kappa shape index (κ2) is 7.52. The molecule has 0 N–H and O–H groups in total. The summed E-state index contributed by atoms with van der Waals surface area (Å²) in [7, 11) is 3.70. The summed E-state index contributed by atoms with van der Waals surface area (Å²) in [6.07, 6.45) is 3.60. The summed E-state index contributed by atoms with van der Waals surface area (Å²) in [6.45, 7) is 0.420. The zero-order chi connectivity index (χ0) is 19.5. The van der Waals surface area contributed by atoms with Gasteiger partial charge in [-0.25, -0.2) is 9.67 Å². The molecule has 28 heavy (non-hydrogen) atoms. The largest absolute Gasteiger partial charge is 0.337 e. The predicted molar refractivity (Wildman–Crippen MR) is 108 cm³/mol. The van der Waals surface area contributed by atoms with Crippen molar-refractivity contribution < 1.29 is 4.79 Å². The van der Waals surface area contributed by atoms with E-state index in [2.05, 4.69) is 4.98 Å². The van der Waals surface area contributed by atoms with E-state index in [-0.39, 0.29) is 5.91 Å². The molecule has 0 radical (unpaired) electrons. The van der Waals surface area contributed by atoms with Gasteiger partial charge in [0.25, 0.3) is 5.91 Å². The zero-order valence-corrected chi connectivity index (χ0v) is 15.9. The van der Waals surface area contributed by atoms with Crippen molar-refractivity contribution in [1.82, 2.24) is 24.2 Å². The first-order valence-corrected chi connectivity index (χ1v) is 9.06. The summed E-state index contributed by atoms with van der Waals surface area (Å²) in [6, 6.07) is 21.4. The van der Waals surface area contributed by atoms with Gasteiger partial charge < -0.3 is 9.47 Å². The Morgan fingerprint density at radius 3 is 2.36 bits per heavy atom. The second-order valence-electron chi connectivity index (χ2n) is 6.64. The molecule has 0 saturated carbocycles. The number of benzene rings is 2. The number of carbonyl (C=O) groups is 1. The number of hydrogen-bond acceptors (Lipinski definition) is 3. The van der Waals surface area contributed by atoms with Crippen LogP contribution in [0.3, 0.4) is 0 Å². The van der Waals surface area contributed by atoms with Crippen molar-refractivity contribution >= 4 is 5.91 Å². The second-order valence-corrected chi connectivity index (χ2v) is 6.64. The first kappa shape index (κ1) is 17.7. The van der Waals surface area contributed by atoms with Gasteiger partial charge in [-0.3, -0.25) is 4.79 Å². The van der Waals surface area contributed by atoms with Crippen LogP contribution in [-0.4, -0.2) is 37.2 Å². The van der Waals surface area contributed by atoms with Crippen molar-refractivity contribution in [2.75, 3.05) is 7.05 Å². The minimum Gasteiger partial charge on any atom is -0.337 e. The van der Waals surface area contributed by atoms with Crippen LogP contribution in [0.1, 0.15) is 16.3 Å². The first-order chi connectivity index (χ1) is 13.6. The SMILES string of the molecule is CN(Cc1nccn1C)C(=O)c1cc(-c2ccccc2)nn1-c1ccccc1. The van der Waals surface area contributed by atoms with E-state index in [0.29, 0.717) is 12.2 Å². The third-order valence-corrected chi connectivity index (χ3v) is 4.65. The van der Waals surface area contributed by atoms with E-state index in [4.69, 9.17) is 5.10 Å². The number of amides is 1. The highest BCUT2D eigenvalue weighted by atomic mass is 16.2. The summed E-state index contributed by atoms with van der Waals surface area (Å²) in [4.78, 5) is 19.2. The molecule has 0 spiro atoms. The number of aromatic nitrogens is 4. The maximum atomic E-state index is 13.2. The lowest BCUT2D eigenvalue weighted by molar-refractivity contribution is 0.0771. The molecule has 0 fully saturated rings. The lowest BCUT2D eigenvalue weighted by Gasteiger charge is -2.17. The van der Waals surface area contributed by atoms with E-state index in [0.717, 1.165) is 22.8 Å². The molecule has 2 aromatic heterocycles. The smallest absolute Gasteiger partial charge is 0.272 e. The van der Waals surface area contributed by atoms with Crippen LogP contribution >= 0.6 is 0 Å². The maximum Gasteiger partial charge on any atom is 0.272 e. The van der Waals surface area contributed by atoms with Gasteiger partial charge in [0.15, 0.2) is 0 Å². The Hall–Kier alpha value is -3.67. The molecule has 6 heteroatoms. The van der Waals surface area contributed by atoms with Crippen LogP contribution in [0.25, 0.3) is 16.9 Å². The van der Waals surface area contributed by atoms with Gasteiger partial charge in [-0.2, -0.15) is 5.10 Å². The molecule has 2 aromatic carbocycles. The number of para-hydroxylation sites is 1. The Morgan fingerprint density at radius 2 is 1.71 bits per heavy atom. The minimum atomic E-state index is -0.110. The monoisotopic (exact) mass is 371 g/mol. The Balaban J connectivity index is 1.73. The highest BCUT2D eigenvalue weighted by Crippen LogP contribution is 2.22. The summed E-state index contributed by atoms with van der Waals surface area (Å²) in [5.41, 5.74) is 3.09. The van der Waals surface area contributed by atoms with Crippen molar-refractivity contribution in [2.45, 2.75) is 6.54 Å². The molecule has 2 heterocycles. The van der Waals surface area contributed by atoms with E-state index in [1.807, 2.05) is 84.5 Å². The van der Waals surface area contributed by atoms with Crippen molar-refractivity contribution in [3.8, 4) is 16.9 Å². The van der Waals surface area contributed by atoms with Crippen LogP contribution in [0.15, 0.2) is 79.1 Å². The fourth-order valence-electron chi connectivity index (χ4n) is 3.08. The lowest BCUT2D eigenvalue weighted by Crippen LogP contribution is -2.29. The molecular formula is C22H21N5O. The number of imidazole rings is 1. The van der Waals surface area contributed by atoms with Crippen molar-refractivity contribution in [3.63, 3.8) is 0 Å². The number of hydrogen-bond donors (Lipinski definition) is 0. The third-order valence-electron chi connectivity index (χ3n) is 4.65. The molecule has 4 aromatic rings. The van der Waals surface area contributed by atoms with Crippen LogP contribution in [0, 0.1) is 0 Å². The van der Waals surface area contributed by atoms with Gasteiger partial charge in [0.1, 0.15) is 11.5 Å². The van der Waals surface area contributed by atoms with Crippen molar-refractivity contribution in [1.29, 1.82) is 0 Å². The summed E-state index contributed by atoms with van der Waals surface area (Å²) < 4.78 is 3.62. The van der Waals surface area contributed by atoms with Crippen LogP contribution < -0.4 is 0 Å². The van der Waals surface area contributed by atoms with E-state index >= 15 is 0 Å².